The van der Waals surface area contributed by atoms with Gasteiger partial charge in [0.25, 0.3) is 12.3 Å². The minimum atomic E-state index is -3.22. The molecule has 2 unspecified atom stereocenters. The molecule has 3 N–H and O–H groups in total. The van der Waals surface area contributed by atoms with E-state index in [1.807, 2.05) is 5.43 Å². The Kier molecular flexibility index (Phi) is 5.40. The van der Waals surface area contributed by atoms with Gasteiger partial charge < -0.3 is 0 Å². The largest absolute Gasteiger partial charge is 0.290 e. The van der Waals surface area contributed by atoms with E-state index in [-0.39, 0.29) is 9.78 Å². The summed E-state index contributed by atoms with van der Waals surface area (Å²) in [6, 6.07) is 9.35. The Balaban J connectivity index is 2.20. The number of hydrogen-bond donors (Lipinski definition) is 2. The van der Waals surface area contributed by atoms with Gasteiger partial charge >= 0.3 is 0 Å². The molecule has 2 aromatic rings. The molecule has 3 rings (SSSR count). The van der Waals surface area contributed by atoms with Crippen molar-refractivity contribution in [2.75, 3.05) is 0 Å². The van der Waals surface area contributed by atoms with Crippen LogP contribution in [0.1, 0.15) is 15.2 Å². The third kappa shape index (κ3) is 3.25. The SMILES string of the molecule is NNC(=O)C1=Cc2ccccc2S1=C(C(F)F)C(F)C(=O)c1cccs1. The standard InChI is InChI=1S/C17H13F3N2O2S2/c18-13(14(23)10-5-3-7-25-10)15(16(19)20)26-11-6-2-1-4-9(11)8-12(26)17(24)22-21/h1-8,13,16H,21H2,(H,22,24). The Morgan fingerprint density at radius 2 is 1.85 bits per heavy atom. The zero-order valence-electron chi connectivity index (χ0n) is 13.1. The number of rotatable bonds is 5. The fourth-order valence-electron chi connectivity index (χ4n) is 2.56. The first-order valence-electron chi connectivity index (χ1n) is 7.38. The van der Waals surface area contributed by atoms with E-state index in [0.717, 1.165) is 11.3 Å². The molecule has 0 aliphatic carbocycles. The van der Waals surface area contributed by atoms with Gasteiger partial charge in [0.15, 0.2) is 6.17 Å². The molecule has 0 spiro atoms. The second-order valence-electron chi connectivity index (χ2n) is 5.23. The van der Waals surface area contributed by atoms with Crippen LogP contribution in [0.3, 0.4) is 0 Å². The number of hydrazine groups is 1. The molecule has 1 aliphatic rings. The summed E-state index contributed by atoms with van der Waals surface area (Å²) in [5.74, 6) is 3.31. The van der Waals surface area contributed by atoms with Gasteiger partial charge in [-0.25, -0.2) is 19.0 Å². The summed E-state index contributed by atoms with van der Waals surface area (Å²) in [5.41, 5.74) is 2.41. The smallest absolute Gasteiger partial charge is 0.271 e. The lowest BCUT2D eigenvalue weighted by atomic mass is 10.1. The predicted molar refractivity (Wildman–Crippen MR) is 97.2 cm³/mol. The Hall–Kier alpha value is -2.23. The van der Waals surface area contributed by atoms with Crippen LogP contribution in [0, 0.1) is 0 Å². The topological polar surface area (TPSA) is 72.2 Å². The van der Waals surface area contributed by atoms with E-state index in [4.69, 9.17) is 5.84 Å². The number of carbonyl (C=O) groups excluding carboxylic acids is 2. The minimum Gasteiger partial charge on any atom is -0.290 e. The number of hydrogen-bond acceptors (Lipinski definition) is 4. The van der Waals surface area contributed by atoms with E-state index in [9.17, 15) is 22.8 Å². The minimum absolute atomic E-state index is 0.0422. The number of thiophene rings is 1. The van der Waals surface area contributed by atoms with Crippen molar-refractivity contribution in [3.8, 4) is 0 Å². The van der Waals surface area contributed by atoms with Gasteiger partial charge in [0.2, 0.25) is 5.78 Å². The van der Waals surface area contributed by atoms with E-state index >= 15 is 0 Å². The second-order valence-corrected chi connectivity index (χ2v) is 8.14. The Morgan fingerprint density at radius 3 is 2.46 bits per heavy atom. The molecule has 0 radical (unpaired) electrons. The van der Waals surface area contributed by atoms with Crippen molar-refractivity contribution < 1.29 is 22.8 Å². The lowest BCUT2D eigenvalue weighted by molar-refractivity contribution is -0.116. The lowest BCUT2D eigenvalue weighted by Gasteiger charge is -2.18. The number of fused-ring (bicyclic) bond motifs is 1. The Labute approximate surface area is 153 Å². The van der Waals surface area contributed by atoms with Crippen molar-refractivity contribution >= 4 is 44.5 Å². The first-order chi connectivity index (χ1) is 12.5. The van der Waals surface area contributed by atoms with Crippen molar-refractivity contribution in [1.29, 1.82) is 0 Å². The highest BCUT2D eigenvalue weighted by atomic mass is 32.2. The number of alkyl halides is 3. The molecule has 9 heteroatoms. The van der Waals surface area contributed by atoms with Crippen molar-refractivity contribution in [2.45, 2.75) is 17.5 Å². The Morgan fingerprint density at radius 1 is 1.12 bits per heavy atom. The fraction of sp³-hybridized carbons (Fsp3) is 0.118. The molecule has 2 heterocycles. The first-order valence-corrected chi connectivity index (χ1v) is 9.48. The van der Waals surface area contributed by atoms with Crippen LogP contribution < -0.4 is 11.3 Å². The summed E-state index contributed by atoms with van der Waals surface area (Å²) in [6.45, 7) is 0. The van der Waals surface area contributed by atoms with Crippen molar-refractivity contribution in [2.24, 2.45) is 5.84 Å². The maximum atomic E-state index is 14.9. The average Bonchev–Trinajstić information content (AvgIpc) is 3.29. The van der Waals surface area contributed by atoms with Gasteiger partial charge in [0.05, 0.1) is 14.6 Å². The molecule has 136 valence electrons. The van der Waals surface area contributed by atoms with Gasteiger partial charge in [0.1, 0.15) is 0 Å². The van der Waals surface area contributed by atoms with Crippen molar-refractivity contribution in [3.05, 3.63) is 57.1 Å². The molecule has 1 aliphatic heterocycles. The molecule has 26 heavy (non-hydrogen) atoms. The zero-order chi connectivity index (χ0) is 18.8. The summed E-state index contributed by atoms with van der Waals surface area (Å²) < 4.78 is 42.6. The lowest BCUT2D eigenvalue weighted by Crippen LogP contribution is -2.34. The van der Waals surface area contributed by atoms with Crippen LogP contribution in [0.15, 0.2) is 51.6 Å². The van der Waals surface area contributed by atoms with Crippen LogP contribution in [0.5, 0.6) is 0 Å². The fourth-order valence-corrected chi connectivity index (χ4v) is 5.55. The van der Waals surface area contributed by atoms with Crippen LogP contribution in [0.4, 0.5) is 13.2 Å². The third-order valence-corrected chi connectivity index (χ3v) is 6.99. The number of amides is 1. The average molecular weight is 398 g/mol. The van der Waals surface area contributed by atoms with Crippen molar-refractivity contribution in [3.63, 3.8) is 0 Å². The van der Waals surface area contributed by atoms with Gasteiger partial charge in [-0.1, -0.05) is 24.3 Å². The number of benzene rings is 1. The molecule has 0 bridgehead atoms. The van der Waals surface area contributed by atoms with Gasteiger partial charge in [0, 0.05) is 4.90 Å². The summed E-state index contributed by atoms with van der Waals surface area (Å²) in [6.07, 6.45) is -4.36. The quantitative estimate of drug-likeness (QED) is 0.267. The van der Waals surface area contributed by atoms with Gasteiger partial charge in [-0.2, -0.15) is 0 Å². The van der Waals surface area contributed by atoms with Crippen LogP contribution in [0.2, 0.25) is 0 Å². The molecular weight excluding hydrogens is 385 g/mol. The number of ketones is 1. The monoisotopic (exact) mass is 398 g/mol. The van der Waals surface area contributed by atoms with Crippen molar-refractivity contribution in [1.82, 2.24) is 5.43 Å². The molecule has 1 aromatic carbocycles. The summed E-state index contributed by atoms with van der Waals surface area (Å²) in [5, 5.41) is 1.56. The molecule has 0 saturated carbocycles. The van der Waals surface area contributed by atoms with E-state index < -0.39 is 39.6 Å². The van der Waals surface area contributed by atoms with Crippen LogP contribution in [-0.4, -0.2) is 29.2 Å². The van der Waals surface area contributed by atoms with Crippen LogP contribution in [-0.2, 0) is 4.79 Å². The van der Waals surface area contributed by atoms with E-state index in [2.05, 4.69) is 0 Å². The van der Waals surface area contributed by atoms with Crippen LogP contribution in [0.25, 0.3) is 6.08 Å². The van der Waals surface area contributed by atoms with E-state index in [1.54, 1.807) is 23.6 Å². The first kappa shape index (κ1) is 18.6. The number of halogens is 3. The van der Waals surface area contributed by atoms with Gasteiger partial charge in [-0.3, -0.25) is 15.0 Å². The number of nitrogens with one attached hydrogen (secondary N) is 1. The summed E-state index contributed by atoms with van der Waals surface area (Å²) >= 11 is 0.970. The number of nitrogens with two attached hydrogens (primary N) is 1. The number of Topliss-reactive ketones (excluding diaryl/α,β-unsaturated/α-hetero) is 1. The molecule has 4 nitrogen and oxygen atoms in total. The molecule has 2 atom stereocenters. The van der Waals surface area contributed by atoms with Gasteiger partial charge in [-0.05, 0) is 29.2 Å². The molecule has 0 fully saturated rings. The van der Waals surface area contributed by atoms with E-state index in [1.165, 1.54) is 24.3 Å². The third-order valence-electron chi connectivity index (χ3n) is 3.70. The molecular formula is C17H13F3N2O2S2. The highest BCUT2D eigenvalue weighted by molar-refractivity contribution is 8.20. The second kappa shape index (κ2) is 7.56. The maximum absolute atomic E-state index is 14.9. The normalized spacial score (nSPS) is 17.5. The molecule has 0 saturated heterocycles. The van der Waals surface area contributed by atoms with Gasteiger partial charge in [-0.15, -0.1) is 21.8 Å². The molecule has 1 amide bonds. The van der Waals surface area contributed by atoms with E-state index in [0.29, 0.717) is 10.5 Å². The molecule has 1 aromatic heterocycles. The highest BCUT2D eigenvalue weighted by Crippen LogP contribution is 2.47. The summed E-state index contributed by atoms with van der Waals surface area (Å²) in [7, 11) is -1.71. The zero-order valence-corrected chi connectivity index (χ0v) is 14.8. The number of carbonyl (C=O) groups is 2. The van der Waals surface area contributed by atoms with Crippen LogP contribution >= 0.6 is 21.8 Å². The summed E-state index contributed by atoms with van der Waals surface area (Å²) in [4.78, 5) is 23.8. The maximum Gasteiger partial charge on any atom is 0.271 e. The highest BCUT2D eigenvalue weighted by Gasteiger charge is 2.37. The predicted octanol–water partition coefficient (Wildman–Crippen LogP) is 3.38. The Bertz CT molecular complexity index is 924.